The summed E-state index contributed by atoms with van der Waals surface area (Å²) in [6.45, 7) is 8.70. The predicted octanol–water partition coefficient (Wildman–Crippen LogP) is 2.12. The molecule has 1 heterocycles. The average molecular weight is 285 g/mol. The van der Waals surface area contributed by atoms with E-state index in [4.69, 9.17) is 0 Å². The SMILES string of the molecule is CCN(CC)CC(C)NC(=O)c1cc([N+](=O)[O-])cs1. The maximum atomic E-state index is 11.9. The van der Waals surface area contributed by atoms with Gasteiger partial charge in [0.2, 0.25) is 0 Å². The van der Waals surface area contributed by atoms with Crippen LogP contribution in [0.5, 0.6) is 0 Å². The third-order valence-electron chi connectivity index (χ3n) is 2.82. The number of nitrogens with one attached hydrogen (secondary N) is 1. The first-order chi connectivity index (χ1) is 8.97. The molecular formula is C12H19N3O3S. The van der Waals surface area contributed by atoms with E-state index < -0.39 is 4.92 Å². The molecule has 0 saturated carbocycles. The van der Waals surface area contributed by atoms with Gasteiger partial charge in [-0.15, -0.1) is 11.3 Å². The lowest BCUT2D eigenvalue weighted by molar-refractivity contribution is -0.384. The number of amides is 1. The van der Waals surface area contributed by atoms with E-state index in [9.17, 15) is 14.9 Å². The Bertz CT molecular complexity index is 443. The summed E-state index contributed by atoms with van der Waals surface area (Å²) in [5.74, 6) is -0.252. The Balaban J connectivity index is 2.56. The van der Waals surface area contributed by atoms with Crippen molar-refractivity contribution in [3.8, 4) is 0 Å². The monoisotopic (exact) mass is 285 g/mol. The molecule has 1 amide bonds. The summed E-state index contributed by atoms with van der Waals surface area (Å²) < 4.78 is 0. The van der Waals surface area contributed by atoms with Gasteiger partial charge in [-0.1, -0.05) is 13.8 Å². The summed E-state index contributed by atoms with van der Waals surface area (Å²) >= 11 is 1.09. The molecule has 0 radical (unpaired) electrons. The summed E-state index contributed by atoms with van der Waals surface area (Å²) in [6.07, 6.45) is 0. The zero-order valence-corrected chi connectivity index (χ0v) is 12.2. The van der Waals surface area contributed by atoms with E-state index >= 15 is 0 Å². The third-order valence-corrected chi connectivity index (χ3v) is 3.74. The second-order valence-electron chi connectivity index (χ2n) is 4.29. The lowest BCUT2D eigenvalue weighted by atomic mass is 10.3. The van der Waals surface area contributed by atoms with E-state index in [1.807, 2.05) is 6.92 Å². The van der Waals surface area contributed by atoms with Gasteiger partial charge in [0.1, 0.15) is 0 Å². The molecule has 6 nitrogen and oxygen atoms in total. The van der Waals surface area contributed by atoms with Gasteiger partial charge in [-0.25, -0.2) is 0 Å². The van der Waals surface area contributed by atoms with Crippen LogP contribution in [0.15, 0.2) is 11.4 Å². The lowest BCUT2D eigenvalue weighted by Crippen LogP contribution is -2.41. The number of hydrogen-bond acceptors (Lipinski definition) is 5. The normalized spacial score (nSPS) is 12.4. The molecule has 0 aliphatic rings. The van der Waals surface area contributed by atoms with Gasteiger partial charge >= 0.3 is 0 Å². The molecule has 0 aliphatic heterocycles. The highest BCUT2D eigenvalue weighted by atomic mass is 32.1. The number of nitro groups is 1. The number of hydrogen-bond donors (Lipinski definition) is 1. The fraction of sp³-hybridized carbons (Fsp3) is 0.583. The highest BCUT2D eigenvalue weighted by Gasteiger charge is 2.17. The largest absolute Gasteiger partial charge is 0.348 e. The van der Waals surface area contributed by atoms with E-state index in [1.54, 1.807) is 0 Å². The molecule has 19 heavy (non-hydrogen) atoms. The molecule has 0 aromatic carbocycles. The minimum atomic E-state index is -0.493. The van der Waals surface area contributed by atoms with E-state index in [-0.39, 0.29) is 17.6 Å². The van der Waals surface area contributed by atoms with Crippen molar-refractivity contribution >= 4 is 22.9 Å². The second-order valence-corrected chi connectivity index (χ2v) is 5.20. The quantitative estimate of drug-likeness (QED) is 0.615. The molecular weight excluding hydrogens is 266 g/mol. The van der Waals surface area contributed by atoms with Crippen LogP contribution in [-0.2, 0) is 0 Å². The molecule has 1 rings (SSSR count). The van der Waals surface area contributed by atoms with Gasteiger partial charge in [-0.05, 0) is 20.0 Å². The van der Waals surface area contributed by atoms with Gasteiger partial charge in [0, 0.05) is 18.7 Å². The maximum absolute atomic E-state index is 11.9. The van der Waals surface area contributed by atoms with Crippen LogP contribution in [-0.4, -0.2) is 41.4 Å². The zero-order chi connectivity index (χ0) is 14.4. The lowest BCUT2D eigenvalue weighted by Gasteiger charge is -2.23. The van der Waals surface area contributed by atoms with Crippen molar-refractivity contribution in [2.24, 2.45) is 0 Å². The number of rotatable bonds is 7. The molecule has 0 saturated heterocycles. The Kier molecular flexibility index (Phi) is 5.91. The molecule has 0 fully saturated rings. The number of carbonyl (C=O) groups is 1. The van der Waals surface area contributed by atoms with Crippen molar-refractivity contribution in [2.45, 2.75) is 26.8 Å². The molecule has 1 N–H and O–H groups in total. The fourth-order valence-electron chi connectivity index (χ4n) is 1.75. The molecule has 0 aliphatic carbocycles. The van der Waals surface area contributed by atoms with Crippen LogP contribution < -0.4 is 5.32 Å². The molecule has 1 atom stereocenters. The Morgan fingerprint density at radius 1 is 1.53 bits per heavy atom. The average Bonchev–Trinajstić information content (AvgIpc) is 2.85. The molecule has 0 spiro atoms. The number of likely N-dealkylation sites (N-methyl/N-ethyl adjacent to an activating group) is 1. The zero-order valence-electron chi connectivity index (χ0n) is 11.4. The minimum absolute atomic E-state index is 0.00792. The Hall–Kier alpha value is -1.47. The summed E-state index contributed by atoms with van der Waals surface area (Å²) in [6, 6.07) is 1.32. The third kappa shape index (κ3) is 4.60. The topological polar surface area (TPSA) is 75.5 Å². The first-order valence-corrected chi connectivity index (χ1v) is 7.12. The molecule has 1 unspecified atom stereocenters. The van der Waals surface area contributed by atoms with Gasteiger partial charge in [0.05, 0.1) is 15.2 Å². The van der Waals surface area contributed by atoms with E-state index in [1.165, 1.54) is 11.4 Å². The van der Waals surface area contributed by atoms with E-state index in [2.05, 4.69) is 24.1 Å². The highest BCUT2D eigenvalue weighted by Crippen LogP contribution is 2.21. The fourth-order valence-corrected chi connectivity index (χ4v) is 2.51. The van der Waals surface area contributed by atoms with Gasteiger partial charge in [-0.3, -0.25) is 14.9 Å². The summed E-state index contributed by atoms with van der Waals surface area (Å²) in [4.78, 5) is 24.6. The second kappa shape index (κ2) is 7.20. The van der Waals surface area contributed by atoms with E-state index in [0.29, 0.717) is 4.88 Å². The number of carbonyl (C=O) groups excluding carboxylic acids is 1. The van der Waals surface area contributed by atoms with Crippen LogP contribution in [0, 0.1) is 10.1 Å². The van der Waals surface area contributed by atoms with Gasteiger partial charge in [0.15, 0.2) is 0 Å². The van der Waals surface area contributed by atoms with Crippen molar-refractivity contribution in [1.29, 1.82) is 0 Å². The predicted molar refractivity (Wildman–Crippen MR) is 75.7 cm³/mol. The van der Waals surface area contributed by atoms with Crippen molar-refractivity contribution in [3.05, 3.63) is 26.4 Å². The van der Waals surface area contributed by atoms with Crippen molar-refractivity contribution in [2.75, 3.05) is 19.6 Å². The molecule has 7 heteroatoms. The van der Waals surface area contributed by atoms with Crippen LogP contribution in [0.25, 0.3) is 0 Å². The first-order valence-electron chi connectivity index (χ1n) is 6.24. The molecule has 1 aromatic rings. The van der Waals surface area contributed by atoms with Crippen LogP contribution in [0.1, 0.15) is 30.4 Å². The number of thiophene rings is 1. The van der Waals surface area contributed by atoms with Crippen LogP contribution in [0.2, 0.25) is 0 Å². The Morgan fingerprint density at radius 2 is 2.16 bits per heavy atom. The van der Waals surface area contributed by atoms with Crippen LogP contribution in [0.4, 0.5) is 5.69 Å². The summed E-state index contributed by atoms with van der Waals surface area (Å²) in [7, 11) is 0. The molecule has 106 valence electrons. The van der Waals surface area contributed by atoms with Gasteiger partial charge in [-0.2, -0.15) is 0 Å². The molecule has 0 bridgehead atoms. The Morgan fingerprint density at radius 3 is 2.63 bits per heavy atom. The Labute approximate surface area is 116 Å². The maximum Gasteiger partial charge on any atom is 0.280 e. The molecule has 1 aromatic heterocycles. The smallest absolute Gasteiger partial charge is 0.280 e. The summed E-state index contributed by atoms with van der Waals surface area (Å²) in [5.41, 5.74) is -0.0356. The van der Waals surface area contributed by atoms with Gasteiger partial charge in [0.25, 0.3) is 11.6 Å². The van der Waals surface area contributed by atoms with Crippen molar-refractivity contribution in [1.82, 2.24) is 10.2 Å². The summed E-state index contributed by atoms with van der Waals surface area (Å²) in [5, 5.41) is 14.8. The van der Waals surface area contributed by atoms with Crippen molar-refractivity contribution < 1.29 is 9.72 Å². The standard InChI is InChI=1S/C12H19N3O3S/c1-4-14(5-2)7-9(3)13-12(16)11-6-10(8-19-11)15(17)18/h6,8-9H,4-5,7H2,1-3H3,(H,13,16). The van der Waals surface area contributed by atoms with Crippen molar-refractivity contribution in [3.63, 3.8) is 0 Å². The minimum Gasteiger partial charge on any atom is -0.348 e. The van der Waals surface area contributed by atoms with Crippen LogP contribution in [0.3, 0.4) is 0 Å². The van der Waals surface area contributed by atoms with Crippen LogP contribution >= 0.6 is 11.3 Å². The van der Waals surface area contributed by atoms with E-state index in [0.717, 1.165) is 31.0 Å². The highest BCUT2D eigenvalue weighted by molar-refractivity contribution is 7.12. The first kappa shape index (κ1) is 15.6. The van der Waals surface area contributed by atoms with Gasteiger partial charge < -0.3 is 10.2 Å². The number of nitrogens with zero attached hydrogens (tertiary/aromatic N) is 2.